The molecule has 120 valence electrons. The van der Waals surface area contributed by atoms with Crippen molar-refractivity contribution in [3.8, 4) is 0 Å². The molecule has 0 radical (unpaired) electrons. The Morgan fingerprint density at radius 1 is 1.13 bits per heavy atom. The molecule has 0 aliphatic carbocycles. The fourth-order valence-electron chi connectivity index (χ4n) is 2.67. The molecule has 0 amide bonds. The lowest BCUT2D eigenvalue weighted by molar-refractivity contribution is -0.383. The van der Waals surface area contributed by atoms with E-state index < -0.39 is 4.92 Å². The summed E-state index contributed by atoms with van der Waals surface area (Å²) in [6.45, 7) is 1.48. The molecule has 3 rings (SSSR count). The second kappa shape index (κ2) is 6.47. The number of piperidine rings is 1. The third kappa shape index (κ3) is 3.31. The minimum Gasteiger partial charge on any atom is -0.378 e. The first-order valence-electron chi connectivity index (χ1n) is 7.54. The highest BCUT2D eigenvalue weighted by Gasteiger charge is 2.28. The Morgan fingerprint density at radius 3 is 2.48 bits per heavy atom. The lowest BCUT2D eigenvalue weighted by atomic mass is 10.1. The second-order valence-corrected chi connectivity index (χ2v) is 5.40. The van der Waals surface area contributed by atoms with Gasteiger partial charge < -0.3 is 16.0 Å². The molecule has 0 bridgehead atoms. The van der Waals surface area contributed by atoms with Gasteiger partial charge in [-0.3, -0.25) is 10.1 Å². The SMILES string of the molecule is Nc1nc(Nc2ccccc2)nc(N2CCCCC2)c1[N+](=O)[O-]. The molecule has 0 spiro atoms. The summed E-state index contributed by atoms with van der Waals surface area (Å²) in [5, 5.41) is 14.4. The Kier molecular flexibility index (Phi) is 4.22. The highest BCUT2D eigenvalue weighted by Crippen LogP contribution is 2.34. The third-order valence-electron chi connectivity index (χ3n) is 3.76. The number of hydrogen-bond acceptors (Lipinski definition) is 7. The van der Waals surface area contributed by atoms with Crippen LogP contribution in [0.2, 0.25) is 0 Å². The van der Waals surface area contributed by atoms with Crippen molar-refractivity contribution in [1.82, 2.24) is 9.97 Å². The molecular formula is C15H18N6O2. The number of aromatic nitrogens is 2. The molecule has 1 fully saturated rings. The Labute approximate surface area is 133 Å². The van der Waals surface area contributed by atoms with E-state index in [1.807, 2.05) is 35.2 Å². The molecule has 8 nitrogen and oxygen atoms in total. The summed E-state index contributed by atoms with van der Waals surface area (Å²) in [6.07, 6.45) is 3.10. The van der Waals surface area contributed by atoms with Crippen LogP contribution in [0.4, 0.5) is 29.0 Å². The number of anilines is 4. The van der Waals surface area contributed by atoms with Crippen LogP contribution >= 0.6 is 0 Å². The van der Waals surface area contributed by atoms with Crippen LogP contribution in [0.25, 0.3) is 0 Å². The fraction of sp³-hybridized carbons (Fsp3) is 0.333. The minimum atomic E-state index is -0.508. The van der Waals surface area contributed by atoms with E-state index in [2.05, 4.69) is 15.3 Å². The molecule has 1 aliphatic rings. The average Bonchev–Trinajstić information content (AvgIpc) is 2.55. The molecule has 3 N–H and O–H groups in total. The van der Waals surface area contributed by atoms with E-state index in [4.69, 9.17) is 5.73 Å². The standard InChI is InChI=1S/C15H18N6O2/c16-13-12(21(22)23)14(20-9-5-2-6-10-20)19-15(18-13)17-11-7-3-1-4-8-11/h1,3-4,7-8H,2,5-6,9-10H2,(H3,16,17,18,19). The number of benzene rings is 1. The van der Waals surface area contributed by atoms with Crippen LogP contribution in [0.1, 0.15) is 19.3 Å². The van der Waals surface area contributed by atoms with Crippen molar-refractivity contribution in [2.24, 2.45) is 0 Å². The Bertz CT molecular complexity index is 701. The van der Waals surface area contributed by atoms with Gasteiger partial charge >= 0.3 is 5.69 Å². The van der Waals surface area contributed by atoms with Crippen LogP contribution in [0.15, 0.2) is 30.3 Å². The maximum absolute atomic E-state index is 11.4. The molecule has 1 aromatic heterocycles. The highest BCUT2D eigenvalue weighted by molar-refractivity contribution is 5.72. The molecular weight excluding hydrogens is 296 g/mol. The van der Waals surface area contributed by atoms with Gasteiger partial charge in [-0.1, -0.05) is 18.2 Å². The van der Waals surface area contributed by atoms with Gasteiger partial charge in [-0.25, -0.2) is 0 Å². The molecule has 2 heterocycles. The summed E-state index contributed by atoms with van der Waals surface area (Å²) in [5.74, 6) is 0.435. The summed E-state index contributed by atoms with van der Waals surface area (Å²) in [6, 6.07) is 9.38. The lowest BCUT2D eigenvalue weighted by Gasteiger charge is -2.27. The highest BCUT2D eigenvalue weighted by atomic mass is 16.6. The predicted octanol–water partition coefficient (Wildman–Crippen LogP) is 2.70. The maximum Gasteiger partial charge on any atom is 0.353 e. The zero-order valence-electron chi connectivity index (χ0n) is 12.6. The first kappa shape index (κ1) is 15.0. The van der Waals surface area contributed by atoms with Gasteiger partial charge in [-0.15, -0.1) is 0 Å². The van der Waals surface area contributed by atoms with E-state index in [9.17, 15) is 10.1 Å². The van der Waals surface area contributed by atoms with Gasteiger partial charge in [0.15, 0.2) is 0 Å². The van der Waals surface area contributed by atoms with Crippen molar-refractivity contribution in [2.45, 2.75) is 19.3 Å². The largest absolute Gasteiger partial charge is 0.378 e. The van der Waals surface area contributed by atoms with Crippen LogP contribution in [0.3, 0.4) is 0 Å². The summed E-state index contributed by atoms with van der Waals surface area (Å²) < 4.78 is 0. The number of nitrogens with zero attached hydrogens (tertiary/aromatic N) is 4. The number of nitrogen functional groups attached to an aromatic ring is 1. The molecule has 1 saturated heterocycles. The number of nitro groups is 1. The van der Waals surface area contributed by atoms with Crippen molar-refractivity contribution in [3.05, 3.63) is 40.4 Å². The van der Waals surface area contributed by atoms with Crippen molar-refractivity contribution in [2.75, 3.05) is 29.0 Å². The van der Waals surface area contributed by atoms with Crippen LogP contribution < -0.4 is 16.0 Å². The van der Waals surface area contributed by atoms with Crippen molar-refractivity contribution >= 4 is 29.0 Å². The van der Waals surface area contributed by atoms with Crippen LogP contribution in [-0.4, -0.2) is 28.0 Å². The van der Waals surface area contributed by atoms with E-state index in [0.717, 1.165) is 38.0 Å². The topological polar surface area (TPSA) is 110 Å². The predicted molar refractivity (Wildman–Crippen MR) is 88.9 cm³/mol. The van der Waals surface area contributed by atoms with E-state index >= 15 is 0 Å². The third-order valence-corrected chi connectivity index (χ3v) is 3.76. The summed E-state index contributed by atoms with van der Waals surface area (Å²) in [4.78, 5) is 21.1. The van der Waals surface area contributed by atoms with Crippen LogP contribution in [0, 0.1) is 10.1 Å². The van der Waals surface area contributed by atoms with Crippen molar-refractivity contribution in [3.63, 3.8) is 0 Å². The summed E-state index contributed by atoms with van der Waals surface area (Å²) >= 11 is 0. The number of rotatable bonds is 4. The van der Waals surface area contributed by atoms with Gasteiger partial charge in [0.1, 0.15) is 0 Å². The van der Waals surface area contributed by atoms with Gasteiger partial charge in [0.2, 0.25) is 17.6 Å². The van der Waals surface area contributed by atoms with E-state index in [-0.39, 0.29) is 17.5 Å². The quantitative estimate of drug-likeness (QED) is 0.659. The molecule has 2 aromatic rings. The monoisotopic (exact) mass is 314 g/mol. The normalized spacial score (nSPS) is 14.5. The first-order valence-corrected chi connectivity index (χ1v) is 7.54. The van der Waals surface area contributed by atoms with Gasteiger partial charge in [-0.2, -0.15) is 9.97 Å². The zero-order chi connectivity index (χ0) is 16.2. The zero-order valence-corrected chi connectivity index (χ0v) is 12.6. The van der Waals surface area contributed by atoms with Crippen molar-refractivity contribution in [1.29, 1.82) is 0 Å². The Balaban J connectivity index is 1.98. The molecule has 1 aliphatic heterocycles. The van der Waals surface area contributed by atoms with E-state index in [1.165, 1.54) is 0 Å². The second-order valence-electron chi connectivity index (χ2n) is 5.40. The molecule has 0 saturated carbocycles. The molecule has 0 atom stereocenters. The minimum absolute atomic E-state index is 0.121. The van der Waals surface area contributed by atoms with Gasteiger partial charge in [-0.05, 0) is 31.4 Å². The molecule has 23 heavy (non-hydrogen) atoms. The fourth-order valence-corrected chi connectivity index (χ4v) is 2.67. The number of nitrogens with two attached hydrogens (primary N) is 1. The van der Waals surface area contributed by atoms with Gasteiger partial charge in [0.25, 0.3) is 0 Å². The van der Waals surface area contributed by atoms with Gasteiger partial charge in [0, 0.05) is 18.8 Å². The Morgan fingerprint density at radius 2 is 1.83 bits per heavy atom. The molecule has 0 unspecified atom stereocenters. The van der Waals surface area contributed by atoms with Crippen LogP contribution in [0.5, 0.6) is 0 Å². The van der Waals surface area contributed by atoms with Crippen LogP contribution in [-0.2, 0) is 0 Å². The Hall–Kier alpha value is -2.90. The summed E-state index contributed by atoms with van der Waals surface area (Å²) in [7, 11) is 0. The van der Waals surface area contributed by atoms with E-state index in [0.29, 0.717) is 5.82 Å². The van der Waals surface area contributed by atoms with E-state index in [1.54, 1.807) is 0 Å². The lowest BCUT2D eigenvalue weighted by Crippen LogP contribution is -2.31. The first-order chi connectivity index (χ1) is 11.1. The van der Waals surface area contributed by atoms with Crippen molar-refractivity contribution < 1.29 is 4.92 Å². The smallest absolute Gasteiger partial charge is 0.353 e. The number of para-hydroxylation sites is 1. The molecule has 1 aromatic carbocycles. The number of nitrogens with one attached hydrogen (secondary N) is 1. The number of hydrogen-bond donors (Lipinski definition) is 2. The average molecular weight is 314 g/mol. The van der Waals surface area contributed by atoms with Gasteiger partial charge in [0.05, 0.1) is 4.92 Å². The summed E-state index contributed by atoms with van der Waals surface area (Å²) in [5.41, 5.74) is 6.40. The maximum atomic E-state index is 11.4. The molecule has 8 heteroatoms.